The number of nitrogens with zero attached hydrogens (tertiary/aromatic N) is 1. The third-order valence-electron chi connectivity index (χ3n) is 4.83. The number of para-hydroxylation sites is 1. The number of aryl methyl sites for hydroxylation is 1. The van der Waals surface area contributed by atoms with E-state index in [1.807, 2.05) is 6.07 Å². The molecule has 8 heteroatoms. The Bertz CT molecular complexity index is 1170. The van der Waals surface area contributed by atoms with Crippen LogP contribution >= 0.6 is 11.8 Å². The molecule has 2 aromatic carbocycles. The molecule has 0 saturated carbocycles. The Kier molecular flexibility index (Phi) is 5.04. The lowest BCUT2D eigenvalue weighted by atomic mass is 10.0. The van der Waals surface area contributed by atoms with Gasteiger partial charge in [-0.3, -0.25) is 19.1 Å². The SMILES string of the molecule is O=C(CCn1c(=O)[nH]c(=O)c2ccccc21)N[C@@H]1CCSc2c(F)cccc21. The summed E-state index contributed by atoms with van der Waals surface area (Å²) >= 11 is 1.46. The number of carbonyl (C=O) groups is 1. The zero-order valence-electron chi connectivity index (χ0n) is 14.9. The summed E-state index contributed by atoms with van der Waals surface area (Å²) in [5.74, 6) is 0.227. The summed E-state index contributed by atoms with van der Waals surface area (Å²) in [6, 6.07) is 11.4. The predicted octanol–water partition coefficient (Wildman–Crippen LogP) is 2.57. The quantitative estimate of drug-likeness (QED) is 0.706. The van der Waals surface area contributed by atoms with Crippen molar-refractivity contribution in [2.45, 2.75) is 30.3 Å². The maximum Gasteiger partial charge on any atom is 0.328 e. The smallest absolute Gasteiger partial charge is 0.328 e. The number of amides is 1. The van der Waals surface area contributed by atoms with Crippen molar-refractivity contribution in [3.05, 3.63) is 74.7 Å². The number of fused-ring (bicyclic) bond motifs is 2. The van der Waals surface area contributed by atoms with Gasteiger partial charge in [0.1, 0.15) is 5.82 Å². The maximum atomic E-state index is 14.0. The lowest BCUT2D eigenvalue weighted by Gasteiger charge is -2.26. The summed E-state index contributed by atoms with van der Waals surface area (Å²) in [6.07, 6.45) is 0.790. The summed E-state index contributed by atoms with van der Waals surface area (Å²) in [7, 11) is 0. The van der Waals surface area contributed by atoms with E-state index in [2.05, 4.69) is 10.3 Å². The molecule has 6 nitrogen and oxygen atoms in total. The molecular formula is C20H18FN3O3S. The first-order chi connectivity index (χ1) is 13.5. The Balaban J connectivity index is 1.51. The predicted molar refractivity (Wildman–Crippen MR) is 106 cm³/mol. The van der Waals surface area contributed by atoms with Crippen LogP contribution in [-0.4, -0.2) is 21.2 Å². The first-order valence-corrected chi connectivity index (χ1v) is 9.95. The van der Waals surface area contributed by atoms with Crippen molar-refractivity contribution in [3.63, 3.8) is 0 Å². The number of carbonyl (C=O) groups excluding carboxylic acids is 1. The van der Waals surface area contributed by atoms with E-state index in [1.54, 1.807) is 30.3 Å². The number of rotatable bonds is 4. The minimum Gasteiger partial charge on any atom is -0.349 e. The standard InChI is InChI=1S/C20H18FN3O3S/c21-14-6-3-5-12-15(9-11-28-18(12)14)22-17(25)8-10-24-16-7-2-1-4-13(16)19(26)23-20(24)27/h1-7,15H,8-11H2,(H,22,25)(H,23,26,27)/t15-/m1/s1. The van der Waals surface area contributed by atoms with Crippen LogP contribution in [0.15, 0.2) is 56.9 Å². The molecule has 0 radical (unpaired) electrons. The number of nitrogens with one attached hydrogen (secondary N) is 2. The fourth-order valence-electron chi connectivity index (χ4n) is 3.48. The van der Waals surface area contributed by atoms with Crippen molar-refractivity contribution in [1.29, 1.82) is 0 Å². The Morgan fingerprint density at radius 2 is 2.04 bits per heavy atom. The number of aromatic nitrogens is 2. The molecule has 1 amide bonds. The summed E-state index contributed by atoms with van der Waals surface area (Å²) in [5.41, 5.74) is 0.291. The van der Waals surface area contributed by atoms with E-state index in [0.717, 1.165) is 11.3 Å². The molecule has 2 N–H and O–H groups in total. The molecule has 1 atom stereocenters. The maximum absolute atomic E-state index is 14.0. The Labute approximate surface area is 163 Å². The van der Waals surface area contributed by atoms with Gasteiger partial charge in [0.05, 0.1) is 16.9 Å². The van der Waals surface area contributed by atoms with Crippen LogP contribution in [-0.2, 0) is 11.3 Å². The van der Waals surface area contributed by atoms with Gasteiger partial charge in [-0.15, -0.1) is 11.8 Å². The van der Waals surface area contributed by atoms with Gasteiger partial charge in [-0.05, 0) is 30.2 Å². The van der Waals surface area contributed by atoms with Gasteiger partial charge in [-0.25, -0.2) is 9.18 Å². The second-order valence-electron chi connectivity index (χ2n) is 6.59. The van der Waals surface area contributed by atoms with Gasteiger partial charge < -0.3 is 5.32 Å². The molecule has 0 fully saturated rings. The highest BCUT2D eigenvalue weighted by Gasteiger charge is 2.24. The van der Waals surface area contributed by atoms with Crippen molar-refractivity contribution in [3.8, 4) is 0 Å². The molecule has 0 spiro atoms. The molecule has 0 unspecified atom stereocenters. The average Bonchev–Trinajstić information content (AvgIpc) is 2.69. The highest BCUT2D eigenvalue weighted by atomic mass is 32.2. The van der Waals surface area contributed by atoms with Crippen LogP contribution in [0, 0.1) is 5.82 Å². The summed E-state index contributed by atoms with van der Waals surface area (Å²) in [6.45, 7) is 0.138. The van der Waals surface area contributed by atoms with E-state index in [4.69, 9.17) is 0 Å². The van der Waals surface area contributed by atoms with Gasteiger partial charge in [0.15, 0.2) is 0 Å². The largest absolute Gasteiger partial charge is 0.349 e. The molecule has 1 aromatic heterocycles. The summed E-state index contributed by atoms with van der Waals surface area (Å²) in [4.78, 5) is 39.5. The van der Waals surface area contributed by atoms with E-state index >= 15 is 0 Å². The number of thioether (sulfide) groups is 1. The molecule has 4 rings (SSSR count). The topological polar surface area (TPSA) is 84.0 Å². The van der Waals surface area contributed by atoms with E-state index in [1.165, 1.54) is 22.4 Å². The van der Waals surface area contributed by atoms with Gasteiger partial charge in [-0.2, -0.15) is 0 Å². The molecule has 1 aliphatic heterocycles. The highest BCUT2D eigenvalue weighted by Crippen LogP contribution is 2.37. The zero-order chi connectivity index (χ0) is 19.7. The average molecular weight is 399 g/mol. The lowest BCUT2D eigenvalue weighted by Crippen LogP contribution is -2.34. The molecular weight excluding hydrogens is 381 g/mol. The van der Waals surface area contributed by atoms with E-state index in [0.29, 0.717) is 22.2 Å². The van der Waals surface area contributed by atoms with Crippen molar-refractivity contribution < 1.29 is 9.18 Å². The van der Waals surface area contributed by atoms with Crippen LogP contribution < -0.4 is 16.6 Å². The van der Waals surface area contributed by atoms with Crippen LogP contribution in [0.1, 0.15) is 24.4 Å². The number of benzene rings is 2. The van der Waals surface area contributed by atoms with Crippen LogP contribution in [0.4, 0.5) is 4.39 Å². The van der Waals surface area contributed by atoms with Crippen LogP contribution in [0.3, 0.4) is 0 Å². The number of aromatic amines is 1. The van der Waals surface area contributed by atoms with Crippen molar-refractivity contribution in [1.82, 2.24) is 14.9 Å². The Hall–Kier alpha value is -2.87. The van der Waals surface area contributed by atoms with E-state index in [9.17, 15) is 18.8 Å². The second-order valence-corrected chi connectivity index (χ2v) is 7.70. The highest BCUT2D eigenvalue weighted by molar-refractivity contribution is 7.99. The van der Waals surface area contributed by atoms with Crippen molar-refractivity contribution in [2.24, 2.45) is 0 Å². The minimum absolute atomic E-state index is 0.0736. The molecule has 1 aliphatic rings. The fraction of sp³-hybridized carbons (Fsp3) is 0.250. The third kappa shape index (κ3) is 3.47. The minimum atomic E-state index is -0.544. The van der Waals surface area contributed by atoms with E-state index in [-0.39, 0.29) is 30.7 Å². The molecule has 144 valence electrons. The van der Waals surface area contributed by atoms with Crippen molar-refractivity contribution >= 4 is 28.6 Å². The monoisotopic (exact) mass is 399 g/mol. The van der Waals surface area contributed by atoms with Crippen molar-refractivity contribution in [2.75, 3.05) is 5.75 Å². The second kappa shape index (κ2) is 7.63. The summed E-state index contributed by atoms with van der Waals surface area (Å²) in [5, 5.41) is 3.34. The number of H-pyrrole nitrogens is 1. The van der Waals surface area contributed by atoms with Gasteiger partial charge in [0.2, 0.25) is 5.91 Å². The van der Waals surface area contributed by atoms with Gasteiger partial charge in [-0.1, -0.05) is 24.3 Å². The van der Waals surface area contributed by atoms with Gasteiger partial charge in [0, 0.05) is 23.6 Å². The molecule has 28 heavy (non-hydrogen) atoms. The number of halogens is 1. The molecule has 0 saturated heterocycles. The summed E-state index contributed by atoms with van der Waals surface area (Å²) < 4.78 is 15.4. The van der Waals surface area contributed by atoms with Gasteiger partial charge in [0.25, 0.3) is 5.56 Å². The molecule has 0 aliphatic carbocycles. The zero-order valence-corrected chi connectivity index (χ0v) is 15.7. The fourth-order valence-corrected chi connectivity index (χ4v) is 4.62. The Morgan fingerprint density at radius 1 is 1.21 bits per heavy atom. The molecule has 2 heterocycles. The van der Waals surface area contributed by atoms with Crippen LogP contribution in [0.25, 0.3) is 10.9 Å². The van der Waals surface area contributed by atoms with Crippen LogP contribution in [0.5, 0.6) is 0 Å². The number of hydrogen-bond acceptors (Lipinski definition) is 4. The third-order valence-corrected chi connectivity index (χ3v) is 5.99. The van der Waals surface area contributed by atoms with E-state index < -0.39 is 11.2 Å². The van der Waals surface area contributed by atoms with Crippen LogP contribution in [0.2, 0.25) is 0 Å². The molecule has 0 bridgehead atoms. The number of hydrogen-bond donors (Lipinski definition) is 2. The molecule has 3 aromatic rings. The normalized spacial score (nSPS) is 16.0. The van der Waals surface area contributed by atoms with Gasteiger partial charge >= 0.3 is 5.69 Å². The first-order valence-electron chi connectivity index (χ1n) is 8.97. The Morgan fingerprint density at radius 3 is 2.89 bits per heavy atom. The first kappa shape index (κ1) is 18.5. The lowest BCUT2D eigenvalue weighted by molar-refractivity contribution is -0.122.